The van der Waals surface area contributed by atoms with Crippen molar-refractivity contribution in [2.45, 2.75) is 38.5 Å². The third-order valence-corrected chi connectivity index (χ3v) is 6.37. The molecule has 144 valence electrons. The Bertz CT molecular complexity index is 741. The van der Waals surface area contributed by atoms with E-state index in [4.69, 9.17) is 4.74 Å². The summed E-state index contributed by atoms with van der Waals surface area (Å²) >= 11 is 0. The first-order valence-electron chi connectivity index (χ1n) is 9.54. The van der Waals surface area contributed by atoms with Gasteiger partial charge in [-0.05, 0) is 68.4 Å². The van der Waals surface area contributed by atoms with Crippen molar-refractivity contribution in [1.29, 1.82) is 0 Å². The SMILES string of the molecule is COc1ccccc1NC(=O)C(=O)NNC(=O)C12CC3CC(CC(C3)C1)C2. The number of ether oxygens (including phenoxy) is 1. The van der Waals surface area contributed by atoms with Gasteiger partial charge in [0.05, 0.1) is 18.2 Å². The summed E-state index contributed by atoms with van der Waals surface area (Å²) < 4.78 is 5.15. The van der Waals surface area contributed by atoms with Crippen LogP contribution >= 0.6 is 0 Å². The van der Waals surface area contributed by atoms with Crippen LogP contribution in [0.15, 0.2) is 24.3 Å². The van der Waals surface area contributed by atoms with Gasteiger partial charge in [0.2, 0.25) is 5.91 Å². The molecule has 0 radical (unpaired) electrons. The van der Waals surface area contributed by atoms with E-state index < -0.39 is 11.8 Å². The molecule has 4 aliphatic carbocycles. The summed E-state index contributed by atoms with van der Waals surface area (Å²) in [7, 11) is 1.48. The van der Waals surface area contributed by atoms with Crippen molar-refractivity contribution in [2.75, 3.05) is 12.4 Å². The summed E-state index contributed by atoms with van der Waals surface area (Å²) in [4.78, 5) is 37.0. The Hall–Kier alpha value is -2.57. The van der Waals surface area contributed by atoms with E-state index in [2.05, 4.69) is 16.2 Å². The number of carbonyl (C=O) groups is 3. The molecule has 27 heavy (non-hydrogen) atoms. The minimum atomic E-state index is -0.904. The van der Waals surface area contributed by atoms with Crippen LogP contribution in [0.25, 0.3) is 0 Å². The van der Waals surface area contributed by atoms with Gasteiger partial charge in [-0.2, -0.15) is 0 Å². The first-order valence-corrected chi connectivity index (χ1v) is 9.54. The second-order valence-electron chi connectivity index (χ2n) is 8.26. The molecule has 1 aromatic rings. The molecule has 1 aromatic carbocycles. The maximum Gasteiger partial charge on any atom is 0.328 e. The summed E-state index contributed by atoms with van der Waals surface area (Å²) in [5.74, 6) is 0.435. The van der Waals surface area contributed by atoms with E-state index in [1.54, 1.807) is 24.3 Å². The Balaban J connectivity index is 1.34. The number of hydrazine groups is 1. The smallest absolute Gasteiger partial charge is 0.328 e. The number of nitrogens with one attached hydrogen (secondary N) is 3. The summed E-state index contributed by atoms with van der Waals surface area (Å²) in [6.07, 6.45) is 6.40. The summed E-state index contributed by atoms with van der Waals surface area (Å²) in [5, 5.41) is 2.49. The predicted octanol–water partition coefficient (Wildman–Crippen LogP) is 2.00. The Kier molecular flexibility index (Phi) is 4.53. The van der Waals surface area contributed by atoms with Crippen molar-refractivity contribution in [3.8, 4) is 5.75 Å². The van der Waals surface area contributed by atoms with Crippen LogP contribution in [0.1, 0.15) is 38.5 Å². The van der Waals surface area contributed by atoms with Crippen molar-refractivity contribution in [3.63, 3.8) is 0 Å². The topological polar surface area (TPSA) is 96.5 Å². The normalized spacial score (nSPS) is 30.5. The highest BCUT2D eigenvalue weighted by atomic mass is 16.5. The van der Waals surface area contributed by atoms with Gasteiger partial charge < -0.3 is 10.1 Å². The molecular formula is C20H25N3O4. The lowest BCUT2D eigenvalue weighted by Gasteiger charge is -2.55. The van der Waals surface area contributed by atoms with E-state index in [1.165, 1.54) is 26.4 Å². The van der Waals surface area contributed by atoms with E-state index in [-0.39, 0.29) is 11.3 Å². The number of methoxy groups -OCH3 is 1. The number of carbonyl (C=O) groups excluding carboxylic acids is 3. The lowest BCUT2D eigenvalue weighted by Crippen LogP contribution is -2.57. The van der Waals surface area contributed by atoms with E-state index in [0.29, 0.717) is 29.2 Å². The zero-order valence-corrected chi connectivity index (χ0v) is 15.4. The highest BCUT2D eigenvalue weighted by molar-refractivity contribution is 6.39. The molecule has 0 aromatic heterocycles. The first-order chi connectivity index (χ1) is 13.0. The number of hydrogen-bond donors (Lipinski definition) is 3. The largest absolute Gasteiger partial charge is 0.495 e. The first kappa shape index (κ1) is 17.8. The molecule has 0 atom stereocenters. The summed E-state index contributed by atoms with van der Waals surface area (Å²) in [6, 6.07) is 6.81. The van der Waals surface area contributed by atoms with Gasteiger partial charge in [-0.1, -0.05) is 12.1 Å². The zero-order chi connectivity index (χ0) is 19.0. The van der Waals surface area contributed by atoms with Crippen LogP contribution in [-0.4, -0.2) is 24.8 Å². The number of hydrogen-bond acceptors (Lipinski definition) is 4. The highest BCUT2D eigenvalue weighted by Crippen LogP contribution is 2.60. The third kappa shape index (κ3) is 3.38. The molecule has 0 aliphatic heterocycles. The number of benzene rings is 1. The van der Waals surface area contributed by atoms with Crippen molar-refractivity contribution in [2.24, 2.45) is 23.2 Å². The molecule has 7 nitrogen and oxygen atoms in total. The molecule has 4 bridgehead atoms. The molecule has 0 unspecified atom stereocenters. The van der Waals surface area contributed by atoms with Crippen LogP contribution in [-0.2, 0) is 14.4 Å². The molecule has 4 fully saturated rings. The molecule has 3 N–H and O–H groups in total. The quantitative estimate of drug-likeness (QED) is 0.559. The van der Waals surface area contributed by atoms with Crippen LogP contribution < -0.4 is 20.9 Å². The van der Waals surface area contributed by atoms with Crippen molar-refractivity contribution in [1.82, 2.24) is 10.9 Å². The average molecular weight is 371 g/mol. The zero-order valence-electron chi connectivity index (χ0n) is 15.4. The molecule has 4 saturated carbocycles. The van der Waals surface area contributed by atoms with Crippen LogP contribution in [0.2, 0.25) is 0 Å². The average Bonchev–Trinajstić information content (AvgIpc) is 2.65. The van der Waals surface area contributed by atoms with E-state index in [0.717, 1.165) is 19.3 Å². The highest BCUT2D eigenvalue weighted by Gasteiger charge is 2.54. The van der Waals surface area contributed by atoms with E-state index >= 15 is 0 Å². The summed E-state index contributed by atoms with van der Waals surface area (Å²) in [5.41, 5.74) is 4.80. The fourth-order valence-electron chi connectivity index (χ4n) is 5.62. The molecule has 3 amide bonds. The Morgan fingerprint density at radius 1 is 0.926 bits per heavy atom. The minimum Gasteiger partial charge on any atom is -0.495 e. The second kappa shape index (κ2) is 6.87. The molecule has 4 aliphatic rings. The standard InChI is InChI=1S/C20H25N3O4/c1-27-16-5-3-2-4-15(16)21-17(24)18(25)22-23-19(26)20-9-12-6-13(10-20)8-14(7-12)11-20/h2-5,12-14H,6-11H2,1H3,(H,21,24)(H,22,25)(H,23,26). The maximum absolute atomic E-state index is 12.8. The second-order valence-corrected chi connectivity index (χ2v) is 8.26. The van der Waals surface area contributed by atoms with Crippen LogP contribution in [0.5, 0.6) is 5.75 Å². The van der Waals surface area contributed by atoms with Gasteiger partial charge in [0, 0.05) is 0 Å². The molecule has 7 heteroatoms. The Morgan fingerprint density at radius 2 is 1.52 bits per heavy atom. The van der Waals surface area contributed by atoms with Gasteiger partial charge in [-0.15, -0.1) is 0 Å². The number of amides is 3. The van der Waals surface area contributed by atoms with Gasteiger partial charge in [-0.3, -0.25) is 25.2 Å². The van der Waals surface area contributed by atoms with Crippen LogP contribution in [0, 0.1) is 23.2 Å². The molecule has 0 saturated heterocycles. The number of rotatable bonds is 3. The van der Waals surface area contributed by atoms with E-state index in [9.17, 15) is 14.4 Å². The molecule has 5 rings (SSSR count). The van der Waals surface area contributed by atoms with Gasteiger partial charge >= 0.3 is 11.8 Å². The van der Waals surface area contributed by atoms with E-state index in [1.807, 2.05) is 0 Å². The summed E-state index contributed by atoms with van der Waals surface area (Å²) in [6.45, 7) is 0. The molecular weight excluding hydrogens is 346 g/mol. The monoisotopic (exact) mass is 371 g/mol. The minimum absolute atomic E-state index is 0.153. The fourth-order valence-corrected chi connectivity index (χ4v) is 5.62. The number of para-hydroxylation sites is 2. The van der Waals surface area contributed by atoms with Gasteiger partial charge in [-0.25, -0.2) is 0 Å². The Labute approximate surface area is 158 Å². The number of anilines is 1. The van der Waals surface area contributed by atoms with Gasteiger partial charge in [0.25, 0.3) is 0 Å². The van der Waals surface area contributed by atoms with Gasteiger partial charge in [0.1, 0.15) is 5.75 Å². The van der Waals surface area contributed by atoms with Crippen LogP contribution in [0.3, 0.4) is 0 Å². The van der Waals surface area contributed by atoms with Crippen molar-refractivity contribution < 1.29 is 19.1 Å². The lowest BCUT2D eigenvalue weighted by molar-refractivity contribution is -0.149. The van der Waals surface area contributed by atoms with Crippen molar-refractivity contribution >= 4 is 23.4 Å². The Morgan fingerprint density at radius 3 is 2.11 bits per heavy atom. The third-order valence-electron chi connectivity index (χ3n) is 6.37. The maximum atomic E-state index is 12.8. The predicted molar refractivity (Wildman–Crippen MR) is 98.5 cm³/mol. The fraction of sp³-hybridized carbons (Fsp3) is 0.550. The van der Waals surface area contributed by atoms with Gasteiger partial charge in [0.15, 0.2) is 0 Å². The molecule has 0 heterocycles. The lowest BCUT2D eigenvalue weighted by atomic mass is 9.49. The van der Waals surface area contributed by atoms with Crippen molar-refractivity contribution in [3.05, 3.63) is 24.3 Å². The van der Waals surface area contributed by atoms with Crippen LogP contribution in [0.4, 0.5) is 5.69 Å². The molecule has 0 spiro atoms.